The highest BCUT2D eigenvalue weighted by atomic mass is 15.3. The molecule has 3 rings (SSSR count). The molecule has 0 unspecified atom stereocenters. The third kappa shape index (κ3) is 4.92. The van der Waals surface area contributed by atoms with Gasteiger partial charge in [-0.2, -0.15) is 0 Å². The minimum absolute atomic E-state index is 0.660. The molecule has 1 aromatic heterocycles. The van der Waals surface area contributed by atoms with E-state index in [0.29, 0.717) is 5.92 Å². The fraction of sp³-hybridized carbons (Fsp3) is 0.550. The molecule has 1 saturated heterocycles. The van der Waals surface area contributed by atoms with Crippen molar-refractivity contribution in [2.24, 2.45) is 5.92 Å². The maximum Gasteiger partial charge on any atom is 0.0948 e. The lowest BCUT2D eigenvalue weighted by atomic mass is 10.1. The van der Waals surface area contributed by atoms with Gasteiger partial charge in [0.25, 0.3) is 0 Å². The van der Waals surface area contributed by atoms with Crippen molar-refractivity contribution >= 4 is 0 Å². The molecule has 1 aliphatic heterocycles. The van der Waals surface area contributed by atoms with Crippen molar-refractivity contribution in [3.05, 3.63) is 54.1 Å². The summed E-state index contributed by atoms with van der Waals surface area (Å²) in [4.78, 5) is 9.50. The second kappa shape index (κ2) is 8.45. The fourth-order valence-electron chi connectivity index (χ4n) is 3.37. The molecule has 130 valence electrons. The molecule has 0 aliphatic carbocycles. The van der Waals surface area contributed by atoms with Gasteiger partial charge in [0.15, 0.2) is 0 Å². The van der Waals surface area contributed by atoms with Gasteiger partial charge in [-0.15, -0.1) is 0 Å². The maximum absolute atomic E-state index is 4.34. The van der Waals surface area contributed by atoms with E-state index in [0.717, 1.165) is 32.6 Å². The molecule has 1 fully saturated rings. The molecule has 4 nitrogen and oxygen atoms in total. The molecule has 0 N–H and O–H groups in total. The quantitative estimate of drug-likeness (QED) is 0.782. The lowest BCUT2D eigenvalue weighted by Crippen LogP contribution is -2.46. The molecular formula is C20H30N4. The molecule has 0 saturated carbocycles. The van der Waals surface area contributed by atoms with E-state index in [1.165, 1.54) is 30.9 Å². The molecule has 1 aromatic carbocycles. The highest BCUT2D eigenvalue weighted by Crippen LogP contribution is 2.11. The Morgan fingerprint density at radius 2 is 1.71 bits per heavy atom. The highest BCUT2D eigenvalue weighted by molar-refractivity contribution is 5.14. The van der Waals surface area contributed by atoms with Gasteiger partial charge < -0.3 is 9.47 Å². The lowest BCUT2D eigenvalue weighted by Gasteiger charge is -2.34. The molecule has 4 heteroatoms. The number of piperazine rings is 1. The fourth-order valence-corrected chi connectivity index (χ4v) is 3.37. The first-order chi connectivity index (χ1) is 11.7. The summed E-state index contributed by atoms with van der Waals surface area (Å²) in [7, 11) is 0. The smallest absolute Gasteiger partial charge is 0.0948 e. The summed E-state index contributed by atoms with van der Waals surface area (Å²) in [5.74, 6) is 0.660. The molecule has 24 heavy (non-hydrogen) atoms. The van der Waals surface area contributed by atoms with Crippen molar-refractivity contribution in [1.82, 2.24) is 19.4 Å². The first-order valence-corrected chi connectivity index (χ1v) is 9.18. The van der Waals surface area contributed by atoms with Crippen molar-refractivity contribution in [1.29, 1.82) is 0 Å². The van der Waals surface area contributed by atoms with Crippen molar-refractivity contribution < 1.29 is 0 Å². The highest BCUT2D eigenvalue weighted by Gasteiger charge is 2.18. The number of imidazole rings is 1. The summed E-state index contributed by atoms with van der Waals surface area (Å²) in [5.41, 5.74) is 2.79. The Bertz CT molecular complexity index is 597. The average molecular weight is 326 g/mol. The molecule has 0 bridgehead atoms. The van der Waals surface area contributed by atoms with Gasteiger partial charge >= 0.3 is 0 Å². The molecule has 0 atom stereocenters. The Morgan fingerprint density at radius 3 is 2.42 bits per heavy atom. The van der Waals surface area contributed by atoms with Crippen molar-refractivity contribution in [2.45, 2.75) is 33.4 Å². The molecule has 2 heterocycles. The summed E-state index contributed by atoms with van der Waals surface area (Å²) in [6, 6.07) is 10.8. The Labute approximate surface area is 146 Å². The van der Waals surface area contributed by atoms with Crippen LogP contribution in [-0.4, -0.2) is 52.1 Å². The van der Waals surface area contributed by atoms with E-state index >= 15 is 0 Å². The molecule has 2 aromatic rings. The van der Waals surface area contributed by atoms with Crippen LogP contribution in [0.25, 0.3) is 0 Å². The minimum atomic E-state index is 0.660. The van der Waals surface area contributed by atoms with E-state index in [2.05, 4.69) is 63.5 Å². The van der Waals surface area contributed by atoms with Gasteiger partial charge in [0.2, 0.25) is 0 Å². The lowest BCUT2D eigenvalue weighted by molar-refractivity contribution is 0.126. The van der Waals surface area contributed by atoms with E-state index in [1.807, 2.05) is 12.5 Å². The standard InChI is InChI=1S/C20H30N4/c1-18(2)15-24-17-21-14-20(24)16-23-12-10-22(11-13-23)9-8-19-6-4-3-5-7-19/h3-7,14,17-18H,8-13,15-16H2,1-2H3. The van der Waals surface area contributed by atoms with Crippen molar-refractivity contribution in [3.63, 3.8) is 0 Å². The Kier molecular flexibility index (Phi) is 6.05. The first-order valence-electron chi connectivity index (χ1n) is 9.18. The number of hydrogen-bond donors (Lipinski definition) is 0. The Balaban J connectivity index is 1.43. The summed E-state index contributed by atoms with van der Waals surface area (Å²) < 4.78 is 2.31. The predicted octanol–water partition coefficient (Wildman–Crippen LogP) is 2.90. The molecule has 0 spiro atoms. The number of rotatable bonds is 7. The normalized spacial score (nSPS) is 16.8. The molecule has 0 radical (unpaired) electrons. The topological polar surface area (TPSA) is 24.3 Å². The summed E-state index contributed by atoms with van der Waals surface area (Å²) in [6.07, 6.45) is 5.16. The second-order valence-corrected chi connectivity index (χ2v) is 7.28. The molecule has 1 aliphatic rings. The second-order valence-electron chi connectivity index (χ2n) is 7.28. The van der Waals surface area contributed by atoms with Crippen molar-refractivity contribution in [2.75, 3.05) is 32.7 Å². The third-order valence-electron chi connectivity index (χ3n) is 4.77. The van der Waals surface area contributed by atoms with Gasteiger partial charge in [0, 0.05) is 52.0 Å². The summed E-state index contributed by atoms with van der Waals surface area (Å²) in [5, 5.41) is 0. The van der Waals surface area contributed by atoms with E-state index < -0.39 is 0 Å². The van der Waals surface area contributed by atoms with Gasteiger partial charge in [-0.1, -0.05) is 44.2 Å². The third-order valence-corrected chi connectivity index (χ3v) is 4.77. The number of aromatic nitrogens is 2. The zero-order valence-corrected chi connectivity index (χ0v) is 15.1. The predicted molar refractivity (Wildman–Crippen MR) is 98.9 cm³/mol. The Hall–Kier alpha value is -1.65. The largest absolute Gasteiger partial charge is 0.333 e. The van der Waals surface area contributed by atoms with Crippen LogP contribution in [0.4, 0.5) is 0 Å². The van der Waals surface area contributed by atoms with Gasteiger partial charge in [-0.3, -0.25) is 4.90 Å². The van der Waals surface area contributed by atoms with E-state index in [-0.39, 0.29) is 0 Å². The van der Waals surface area contributed by atoms with Crippen LogP contribution >= 0.6 is 0 Å². The zero-order valence-electron chi connectivity index (χ0n) is 15.1. The molecular weight excluding hydrogens is 296 g/mol. The van der Waals surface area contributed by atoms with Crippen LogP contribution < -0.4 is 0 Å². The van der Waals surface area contributed by atoms with E-state index in [9.17, 15) is 0 Å². The van der Waals surface area contributed by atoms with Gasteiger partial charge in [0.1, 0.15) is 0 Å². The average Bonchev–Trinajstić information content (AvgIpc) is 3.01. The van der Waals surface area contributed by atoms with Crippen LogP contribution in [0.15, 0.2) is 42.9 Å². The SMILES string of the molecule is CC(C)Cn1cncc1CN1CCN(CCc2ccccc2)CC1. The van der Waals surface area contributed by atoms with Crippen molar-refractivity contribution in [3.8, 4) is 0 Å². The Morgan fingerprint density at radius 1 is 1.00 bits per heavy atom. The monoisotopic (exact) mass is 326 g/mol. The summed E-state index contributed by atoms with van der Waals surface area (Å²) >= 11 is 0. The van der Waals surface area contributed by atoms with Gasteiger partial charge in [-0.25, -0.2) is 4.98 Å². The van der Waals surface area contributed by atoms with Crippen LogP contribution in [0.1, 0.15) is 25.1 Å². The van der Waals surface area contributed by atoms with Crippen LogP contribution in [0.3, 0.4) is 0 Å². The molecule has 0 amide bonds. The van der Waals surface area contributed by atoms with Crippen LogP contribution in [0, 0.1) is 5.92 Å². The summed E-state index contributed by atoms with van der Waals surface area (Å²) in [6.45, 7) is 12.4. The number of hydrogen-bond acceptors (Lipinski definition) is 3. The minimum Gasteiger partial charge on any atom is -0.333 e. The maximum atomic E-state index is 4.34. The van der Waals surface area contributed by atoms with Crippen LogP contribution in [0.2, 0.25) is 0 Å². The van der Waals surface area contributed by atoms with Crippen LogP contribution in [0.5, 0.6) is 0 Å². The number of benzene rings is 1. The van der Waals surface area contributed by atoms with Gasteiger partial charge in [0.05, 0.1) is 12.0 Å². The van der Waals surface area contributed by atoms with Gasteiger partial charge in [-0.05, 0) is 17.9 Å². The van der Waals surface area contributed by atoms with Crippen LogP contribution in [-0.2, 0) is 19.5 Å². The zero-order chi connectivity index (χ0) is 16.8. The number of nitrogens with zero attached hydrogens (tertiary/aromatic N) is 4. The first kappa shape index (κ1) is 17.2. The van der Waals surface area contributed by atoms with E-state index in [4.69, 9.17) is 0 Å². The van der Waals surface area contributed by atoms with E-state index in [1.54, 1.807) is 0 Å².